The van der Waals surface area contributed by atoms with E-state index in [1.807, 2.05) is 36.4 Å². The molecule has 10 heteroatoms. The molecule has 0 atom stereocenters. The van der Waals surface area contributed by atoms with Crippen LogP contribution in [0.1, 0.15) is 24.8 Å². The Morgan fingerprint density at radius 1 is 1.09 bits per heavy atom. The fourth-order valence-corrected chi connectivity index (χ4v) is 4.49. The van der Waals surface area contributed by atoms with Gasteiger partial charge < -0.3 is 4.74 Å². The maximum absolute atomic E-state index is 13.6. The number of carbonyl (C=O) groups excluding carboxylic acids is 2. The second-order valence-electron chi connectivity index (χ2n) is 8.80. The van der Waals surface area contributed by atoms with Crippen molar-refractivity contribution in [3.05, 3.63) is 48.0 Å². The molecular formula is C24H25F2N5O3. The van der Waals surface area contributed by atoms with Gasteiger partial charge in [-0.25, -0.2) is 13.6 Å². The van der Waals surface area contributed by atoms with E-state index in [2.05, 4.69) is 10.4 Å². The molecule has 2 fully saturated rings. The lowest BCUT2D eigenvalue weighted by molar-refractivity contribution is -0.120. The summed E-state index contributed by atoms with van der Waals surface area (Å²) in [6.45, 7) is 1.23. The minimum absolute atomic E-state index is 0.0380. The van der Waals surface area contributed by atoms with Gasteiger partial charge in [0, 0.05) is 44.4 Å². The summed E-state index contributed by atoms with van der Waals surface area (Å²) in [5.74, 6) is -1.19. The molecule has 178 valence electrons. The second-order valence-corrected chi connectivity index (χ2v) is 8.80. The molecule has 3 amide bonds. The molecule has 0 radical (unpaired) electrons. The zero-order chi connectivity index (χ0) is 23.9. The number of imide groups is 1. The molecular weight excluding hydrogens is 444 g/mol. The van der Waals surface area contributed by atoms with Gasteiger partial charge in [-0.1, -0.05) is 12.1 Å². The zero-order valence-corrected chi connectivity index (χ0v) is 18.8. The lowest BCUT2D eigenvalue weighted by Crippen LogP contribution is -2.49. The molecule has 8 nitrogen and oxygen atoms in total. The number of likely N-dealkylation sites (tertiary alicyclic amines) is 1. The fourth-order valence-electron chi connectivity index (χ4n) is 4.49. The predicted molar refractivity (Wildman–Crippen MR) is 122 cm³/mol. The highest BCUT2D eigenvalue weighted by Crippen LogP contribution is 2.32. The lowest BCUT2D eigenvalue weighted by atomic mass is 10.1. The average Bonchev–Trinajstić information content (AvgIpc) is 3.10. The van der Waals surface area contributed by atoms with Gasteiger partial charge in [0.25, 0.3) is 5.92 Å². The minimum Gasteiger partial charge on any atom is -0.457 e. The van der Waals surface area contributed by atoms with Gasteiger partial charge in [-0.2, -0.15) is 5.10 Å². The summed E-state index contributed by atoms with van der Waals surface area (Å²) in [7, 11) is 1.78. The van der Waals surface area contributed by atoms with Gasteiger partial charge in [-0.05, 0) is 42.8 Å². The van der Waals surface area contributed by atoms with Crippen molar-refractivity contribution in [1.29, 1.82) is 0 Å². The van der Waals surface area contributed by atoms with Crippen LogP contribution >= 0.6 is 0 Å². The monoisotopic (exact) mass is 469 g/mol. The third-order valence-electron chi connectivity index (χ3n) is 6.15. The average molecular weight is 469 g/mol. The molecule has 0 bridgehead atoms. The van der Waals surface area contributed by atoms with Crippen molar-refractivity contribution in [2.75, 3.05) is 24.5 Å². The summed E-state index contributed by atoms with van der Waals surface area (Å²) in [5.41, 5.74) is 1.73. The topological polar surface area (TPSA) is 79.7 Å². The number of benzene rings is 2. The molecule has 3 heterocycles. The predicted octanol–water partition coefficient (Wildman–Crippen LogP) is 4.04. The van der Waals surface area contributed by atoms with Crippen LogP contribution in [-0.2, 0) is 18.4 Å². The van der Waals surface area contributed by atoms with Crippen molar-refractivity contribution in [3.8, 4) is 11.5 Å². The van der Waals surface area contributed by atoms with E-state index in [0.717, 1.165) is 16.5 Å². The first kappa shape index (κ1) is 22.3. The molecule has 2 saturated heterocycles. The molecule has 0 aliphatic carbocycles. The van der Waals surface area contributed by atoms with Crippen molar-refractivity contribution >= 4 is 28.7 Å². The van der Waals surface area contributed by atoms with Crippen LogP contribution in [0, 0.1) is 0 Å². The van der Waals surface area contributed by atoms with Crippen LogP contribution in [0.4, 0.5) is 19.4 Å². The van der Waals surface area contributed by atoms with Gasteiger partial charge in [-0.3, -0.25) is 24.6 Å². The molecule has 2 aromatic carbocycles. The molecule has 0 spiro atoms. The highest BCUT2D eigenvalue weighted by Gasteiger charge is 2.35. The van der Waals surface area contributed by atoms with Crippen molar-refractivity contribution < 1.29 is 23.1 Å². The molecule has 34 heavy (non-hydrogen) atoms. The van der Waals surface area contributed by atoms with Crippen molar-refractivity contribution in [2.45, 2.75) is 31.7 Å². The number of nitrogens with zero attached hydrogens (tertiary/aromatic N) is 4. The molecule has 2 aliphatic heterocycles. The molecule has 2 aliphatic rings. The Kier molecular flexibility index (Phi) is 5.68. The quantitative estimate of drug-likeness (QED) is 0.610. The summed E-state index contributed by atoms with van der Waals surface area (Å²) in [4.78, 5) is 26.9. The third kappa shape index (κ3) is 4.58. The fraction of sp³-hybridized carbons (Fsp3) is 0.375. The van der Waals surface area contributed by atoms with E-state index in [1.165, 1.54) is 4.90 Å². The lowest BCUT2D eigenvalue weighted by Gasteiger charge is -2.32. The number of ether oxygens (including phenoxy) is 1. The Hall–Kier alpha value is -3.53. The molecule has 5 rings (SSSR count). The van der Waals surface area contributed by atoms with E-state index in [1.54, 1.807) is 22.7 Å². The third-order valence-corrected chi connectivity index (χ3v) is 6.15. The Labute approximate surface area is 195 Å². The number of anilines is 1. The SMILES string of the molecule is Cn1nc(N2CCC(=O)NC2=O)c2ccc(Oc3ccc(CN4CCCC(F)(F)C4)cc3)cc21. The van der Waals surface area contributed by atoms with E-state index >= 15 is 0 Å². The van der Waals surface area contributed by atoms with Crippen LogP contribution in [-0.4, -0.2) is 52.2 Å². The second kappa shape index (κ2) is 8.68. The Balaban J connectivity index is 1.29. The summed E-state index contributed by atoms with van der Waals surface area (Å²) in [6.07, 6.45) is 0.692. The number of hydrogen-bond donors (Lipinski definition) is 1. The normalized spacial score (nSPS) is 18.9. The summed E-state index contributed by atoms with van der Waals surface area (Å²) >= 11 is 0. The Morgan fingerprint density at radius 2 is 1.85 bits per heavy atom. The van der Waals surface area contributed by atoms with E-state index in [4.69, 9.17) is 4.74 Å². The van der Waals surface area contributed by atoms with Crippen molar-refractivity contribution in [1.82, 2.24) is 20.0 Å². The number of hydrogen-bond acceptors (Lipinski definition) is 5. The van der Waals surface area contributed by atoms with Gasteiger partial charge in [0.15, 0.2) is 5.82 Å². The molecule has 1 N–H and O–H groups in total. The van der Waals surface area contributed by atoms with Crippen LogP contribution in [0.25, 0.3) is 10.9 Å². The van der Waals surface area contributed by atoms with Gasteiger partial charge in [0.05, 0.1) is 12.1 Å². The van der Waals surface area contributed by atoms with Gasteiger partial charge >= 0.3 is 6.03 Å². The van der Waals surface area contributed by atoms with Gasteiger partial charge in [-0.15, -0.1) is 0 Å². The minimum atomic E-state index is -2.61. The number of urea groups is 1. The number of alkyl halides is 2. The number of halogens is 2. The highest BCUT2D eigenvalue weighted by molar-refractivity contribution is 6.08. The summed E-state index contributed by atoms with van der Waals surface area (Å²) in [5, 5.41) is 7.56. The first-order valence-electron chi connectivity index (χ1n) is 11.2. The number of aromatic nitrogens is 2. The first-order chi connectivity index (χ1) is 16.3. The van der Waals surface area contributed by atoms with Crippen LogP contribution in [0.3, 0.4) is 0 Å². The number of piperidine rings is 1. The van der Waals surface area contributed by atoms with Crippen molar-refractivity contribution in [3.63, 3.8) is 0 Å². The summed E-state index contributed by atoms with van der Waals surface area (Å²) in [6, 6.07) is 12.4. The smallest absolute Gasteiger partial charge is 0.329 e. The standard InChI is InChI=1S/C24H25F2N5O3/c1-29-20-13-18(7-8-19(20)22(28-29)31-12-9-21(32)27-23(31)33)34-17-5-3-16(4-6-17)14-30-11-2-10-24(25,26)15-30/h3-8,13H,2,9-12,14-15H2,1H3,(H,27,32,33). The first-order valence-corrected chi connectivity index (χ1v) is 11.2. The molecule has 0 saturated carbocycles. The number of fused-ring (bicyclic) bond motifs is 1. The van der Waals surface area contributed by atoms with E-state index in [-0.39, 0.29) is 31.8 Å². The van der Waals surface area contributed by atoms with Crippen LogP contribution < -0.4 is 15.0 Å². The highest BCUT2D eigenvalue weighted by atomic mass is 19.3. The van der Waals surface area contributed by atoms with E-state index in [9.17, 15) is 18.4 Å². The molecule has 0 unspecified atom stereocenters. The maximum Gasteiger partial charge on any atom is 0.329 e. The Bertz CT molecular complexity index is 1240. The van der Waals surface area contributed by atoms with Crippen LogP contribution in [0.5, 0.6) is 11.5 Å². The molecule has 1 aromatic heterocycles. The molecule has 3 aromatic rings. The number of rotatable bonds is 5. The van der Waals surface area contributed by atoms with E-state index in [0.29, 0.717) is 36.8 Å². The van der Waals surface area contributed by atoms with Crippen molar-refractivity contribution in [2.24, 2.45) is 7.05 Å². The van der Waals surface area contributed by atoms with Gasteiger partial charge in [0.1, 0.15) is 11.5 Å². The van der Waals surface area contributed by atoms with Gasteiger partial charge in [0.2, 0.25) is 5.91 Å². The number of carbonyl (C=O) groups is 2. The summed E-state index contributed by atoms with van der Waals surface area (Å²) < 4.78 is 34.9. The van der Waals surface area contributed by atoms with Crippen LogP contribution in [0.15, 0.2) is 42.5 Å². The number of aryl methyl sites for hydroxylation is 1. The van der Waals surface area contributed by atoms with E-state index < -0.39 is 12.0 Å². The number of amides is 3. The van der Waals surface area contributed by atoms with Crippen LogP contribution in [0.2, 0.25) is 0 Å². The Morgan fingerprint density at radius 3 is 2.59 bits per heavy atom. The maximum atomic E-state index is 13.6. The largest absolute Gasteiger partial charge is 0.457 e. The number of nitrogens with one attached hydrogen (secondary N) is 1. The zero-order valence-electron chi connectivity index (χ0n) is 18.8.